The first-order valence-corrected chi connectivity index (χ1v) is 5.00. The molecule has 2 nitrogen and oxygen atoms in total. The third-order valence-corrected chi connectivity index (χ3v) is 2.15. The molecular weight excluding hydrogens is 188 g/mol. The highest BCUT2D eigenvalue weighted by Crippen LogP contribution is 2.11. The number of benzene rings is 1. The average molecular weight is 204 g/mol. The normalized spacial score (nSPS) is 10.6. The minimum atomic E-state index is -0.259. The number of carbonyl (C=O) groups excluding carboxylic acids is 1. The first-order chi connectivity index (χ1) is 7.15. The smallest absolute Gasteiger partial charge is 0.338 e. The van der Waals surface area contributed by atoms with Gasteiger partial charge in [-0.3, -0.25) is 0 Å². The molecule has 0 N–H and O–H groups in total. The lowest BCUT2D eigenvalue weighted by molar-refractivity contribution is 0.0548. The minimum Gasteiger partial charge on any atom is -0.458 e. The van der Waals surface area contributed by atoms with Crippen molar-refractivity contribution in [2.75, 3.05) is 6.61 Å². The standard InChI is InChI=1S/C13H16O2/c1-4-5-8-15-13(14)12-7-6-10(2)9-11(12)3/h4-7,9H,8H2,1-3H3/b5-4+. The molecule has 1 aromatic carbocycles. The molecule has 0 aliphatic heterocycles. The van der Waals surface area contributed by atoms with Gasteiger partial charge in [0.1, 0.15) is 6.61 Å². The van der Waals surface area contributed by atoms with Crippen LogP contribution in [0.4, 0.5) is 0 Å². The minimum absolute atomic E-state index is 0.259. The van der Waals surface area contributed by atoms with Gasteiger partial charge in [-0.15, -0.1) is 0 Å². The Balaban J connectivity index is 2.73. The van der Waals surface area contributed by atoms with Gasteiger partial charge in [-0.25, -0.2) is 4.79 Å². The van der Waals surface area contributed by atoms with Crippen LogP contribution in [-0.2, 0) is 4.74 Å². The molecule has 0 aliphatic rings. The van der Waals surface area contributed by atoms with E-state index in [2.05, 4.69) is 0 Å². The van der Waals surface area contributed by atoms with Crippen molar-refractivity contribution in [3.05, 3.63) is 47.0 Å². The van der Waals surface area contributed by atoms with E-state index >= 15 is 0 Å². The molecule has 15 heavy (non-hydrogen) atoms. The number of hydrogen-bond donors (Lipinski definition) is 0. The molecule has 0 aromatic heterocycles. The molecule has 0 atom stereocenters. The summed E-state index contributed by atoms with van der Waals surface area (Å²) in [6, 6.07) is 5.70. The van der Waals surface area contributed by atoms with Gasteiger partial charge in [-0.1, -0.05) is 29.8 Å². The molecule has 0 aliphatic carbocycles. The second kappa shape index (κ2) is 5.35. The largest absolute Gasteiger partial charge is 0.458 e. The number of aryl methyl sites for hydroxylation is 2. The van der Waals surface area contributed by atoms with Crippen LogP contribution in [0.15, 0.2) is 30.4 Å². The summed E-state index contributed by atoms with van der Waals surface area (Å²) in [4.78, 5) is 11.6. The predicted molar refractivity (Wildman–Crippen MR) is 61.0 cm³/mol. The fraction of sp³-hybridized carbons (Fsp3) is 0.308. The summed E-state index contributed by atoms with van der Waals surface area (Å²) >= 11 is 0. The molecular formula is C13H16O2. The Morgan fingerprint density at radius 1 is 1.40 bits per heavy atom. The van der Waals surface area contributed by atoms with Gasteiger partial charge in [-0.2, -0.15) is 0 Å². The lowest BCUT2D eigenvalue weighted by Crippen LogP contribution is -2.07. The van der Waals surface area contributed by atoms with Crippen molar-refractivity contribution in [3.8, 4) is 0 Å². The Morgan fingerprint density at radius 3 is 2.73 bits per heavy atom. The maximum absolute atomic E-state index is 11.6. The summed E-state index contributed by atoms with van der Waals surface area (Å²) in [5.74, 6) is -0.259. The number of ether oxygens (including phenoxy) is 1. The van der Waals surface area contributed by atoms with E-state index in [-0.39, 0.29) is 5.97 Å². The second-order valence-corrected chi connectivity index (χ2v) is 3.49. The van der Waals surface area contributed by atoms with Crippen molar-refractivity contribution in [1.82, 2.24) is 0 Å². The highest BCUT2D eigenvalue weighted by atomic mass is 16.5. The molecule has 2 heteroatoms. The Bertz CT molecular complexity index is 378. The third kappa shape index (κ3) is 3.24. The van der Waals surface area contributed by atoms with Gasteiger partial charge in [0.15, 0.2) is 0 Å². The molecule has 0 bridgehead atoms. The van der Waals surface area contributed by atoms with Gasteiger partial charge in [0.25, 0.3) is 0 Å². The summed E-state index contributed by atoms with van der Waals surface area (Å²) in [5, 5.41) is 0. The lowest BCUT2D eigenvalue weighted by Gasteiger charge is -2.05. The Labute approximate surface area is 90.6 Å². The maximum atomic E-state index is 11.6. The summed E-state index contributed by atoms with van der Waals surface area (Å²) in [6.07, 6.45) is 3.66. The van der Waals surface area contributed by atoms with E-state index in [9.17, 15) is 4.79 Å². The number of hydrogen-bond acceptors (Lipinski definition) is 2. The molecule has 1 rings (SSSR count). The van der Waals surface area contributed by atoms with Crippen LogP contribution in [0.25, 0.3) is 0 Å². The average Bonchev–Trinajstić information content (AvgIpc) is 2.17. The van der Waals surface area contributed by atoms with Crippen molar-refractivity contribution < 1.29 is 9.53 Å². The zero-order chi connectivity index (χ0) is 11.3. The number of carbonyl (C=O) groups is 1. The van der Waals surface area contributed by atoms with E-state index < -0.39 is 0 Å². The van der Waals surface area contributed by atoms with Crippen LogP contribution in [0.5, 0.6) is 0 Å². The van der Waals surface area contributed by atoms with Crippen molar-refractivity contribution in [1.29, 1.82) is 0 Å². The van der Waals surface area contributed by atoms with E-state index in [0.717, 1.165) is 11.1 Å². The van der Waals surface area contributed by atoms with Gasteiger partial charge >= 0.3 is 5.97 Å². The fourth-order valence-electron chi connectivity index (χ4n) is 1.34. The number of esters is 1. The van der Waals surface area contributed by atoms with E-state index in [1.54, 1.807) is 6.08 Å². The third-order valence-electron chi connectivity index (χ3n) is 2.15. The zero-order valence-electron chi connectivity index (χ0n) is 9.41. The first-order valence-electron chi connectivity index (χ1n) is 5.00. The summed E-state index contributed by atoms with van der Waals surface area (Å²) in [7, 11) is 0. The SMILES string of the molecule is C/C=C/COC(=O)c1ccc(C)cc1C. The van der Waals surface area contributed by atoms with E-state index in [1.807, 2.05) is 45.0 Å². The highest BCUT2D eigenvalue weighted by molar-refractivity contribution is 5.91. The molecule has 0 saturated carbocycles. The molecule has 0 saturated heterocycles. The van der Waals surface area contributed by atoms with Gasteiger partial charge in [0.05, 0.1) is 5.56 Å². The fourth-order valence-corrected chi connectivity index (χ4v) is 1.34. The van der Waals surface area contributed by atoms with Crippen LogP contribution >= 0.6 is 0 Å². The van der Waals surface area contributed by atoms with E-state index in [0.29, 0.717) is 12.2 Å². The highest BCUT2D eigenvalue weighted by Gasteiger charge is 2.08. The maximum Gasteiger partial charge on any atom is 0.338 e. The summed E-state index contributed by atoms with van der Waals surface area (Å²) in [5.41, 5.74) is 2.75. The van der Waals surface area contributed by atoms with Crippen molar-refractivity contribution in [2.24, 2.45) is 0 Å². The molecule has 0 spiro atoms. The first kappa shape index (κ1) is 11.5. The van der Waals surface area contributed by atoms with Gasteiger partial charge in [0, 0.05) is 0 Å². The zero-order valence-corrected chi connectivity index (χ0v) is 9.41. The molecule has 0 unspecified atom stereocenters. The van der Waals surface area contributed by atoms with Gasteiger partial charge < -0.3 is 4.74 Å². The van der Waals surface area contributed by atoms with Gasteiger partial charge in [-0.05, 0) is 32.4 Å². The Morgan fingerprint density at radius 2 is 2.13 bits per heavy atom. The van der Waals surface area contributed by atoms with Crippen molar-refractivity contribution in [3.63, 3.8) is 0 Å². The molecule has 0 heterocycles. The van der Waals surface area contributed by atoms with Crippen LogP contribution in [0.1, 0.15) is 28.4 Å². The van der Waals surface area contributed by atoms with Crippen molar-refractivity contribution in [2.45, 2.75) is 20.8 Å². The lowest BCUT2D eigenvalue weighted by atomic mass is 10.1. The van der Waals surface area contributed by atoms with E-state index in [1.165, 1.54) is 0 Å². The van der Waals surface area contributed by atoms with Gasteiger partial charge in [0.2, 0.25) is 0 Å². The second-order valence-electron chi connectivity index (χ2n) is 3.49. The predicted octanol–water partition coefficient (Wildman–Crippen LogP) is 3.04. The topological polar surface area (TPSA) is 26.3 Å². The van der Waals surface area contributed by atoms with E-state index in [4.69, 9.17) is 4.74 Å². The molecule has 1 aromatic rings. The number of rotatable bonds is 3. The molecule has 80 valence electrons. The Kier molecular flexibility index (Phi) is 4.10. The molecule has 0 radical (unpaired) electrons. The van der Waals surface area contributed by atoms with Crippen LogP contribution in [-0.4, -0.2) is 12.6 Å². The van der Waals surface area contributed by atoms with Crippen LogP contribution in [0, 0.1) is 13.8 Å². The van der Waals surface area contributed by atoms with Crippen LogP contribution < -0.4 is 0 Å². The van der Waals surface area contributed by atoms with Crippen LogP contribution in [0.3, 0.4) is 0 Å². The summed E-state index contributed by atoms with van der Waals surface area (Å²) in [6.45, 7) is 6.15. The van der Waals surface area contributed by atoms with Crippen LogP contribution in [0.2, 0.25) is 0 Å². The monoisotopic (exact) mass is 204 g/mol. The quantitative estimate of drug-likeness (QED) is 0.558. The Hall–Kier alpha value is -1.57. The molecule has 0 fully saturated rings. The molecule has 0 amide bonds. The van der Waals surface area contributed by atoms with Crippen molar-refractivity contribution >= 4 is 5.97 Å². The summed E-state index contributed by atoms with van der Waals surface area (Å²) < 4.78 is 5.06. The number of allylic oxidation sites excluding steroid dienone is 1.